The molecule has 0 saturated carbocycles. The molecule has 2 amide bonds. The van der Waals surface area contributed by atoms with Gasteiger partial charge in [0.25, 0.3) is 11.8 Å². The smallest absolute Gasteiger partial charge is 0.256 e. The van der Waals surface area contributed by atoms with Crippen LogP contribution in [0.1, 0.15) is 34.1 Å². The zero-order valence-corrected chi connectivity index (χ0v) is 14.4. The van der Waals surface area contributed by atoms with Crippen LogP contribution < -0.4 is 11.1 Å². The summed E-state index contributed by atoms with van der Waals surface area (Å²) in [5.41, 5.74) is 7.46. The fourth-order valence-corrected chi connectivity index (χ4v) is 3.54. The standard InChI is InChI=1S/C18H21N3O2S/c1-18(11-19)7-8-21(12-18)17(23)14-4-2-3-5-15(14)20-16(22)13-6-9-24-10-13/h2-6,9-10H,7-8,11-12,19H2,1H3,(H,20,22). The van der Waals surface area contributed by atoms with Crippen LogP contribution in [0.3, 0.4) is 0 Å². The highest BCUT2D eigenvalue weighted by Gasteiger charge is 2.35. The van der Waals surface area contributed by atoms with Gasteiger partial charge < -0.3 is 16.0 Å². The van der Waals surface area contributed by atoms with E-state index < -0.39 is 0 Å². The van der Waals surface area contributed by atoms with E-state index in [1.54, 1.807) is 23.6 Å². The van der Waals surface area contributed by atoms with Gasteiger partial charge in [-0.1, -0.05) is 19.1 Å². The first-order chi connectivity index (χ1) is 11.5. The number of thiophene rings is 1. The fourth-order valence-electron chi connectivity index (χ4n) is 2.90. The lowest BCUT2D eigenvalue weighted by Crippen LogP contribution is -2.34. The van der Waals surface area contributed by atoms with Gasteiger partial charge in [-0.15, -0.1) is 0 Å². The Bertz CT molecular complexity index is 744. The van der Waals surface area contributed by atoms with Crippen molar-refractivity contribution < 1.29 is 9.59 Å². The second-order valence-corrected chi connectivity index (χ2v) is 7.28. The number of carbonyl (C=O) groups excluding carboxylic acids is 2. The summed E-state index contributed by atoms with van der Waals surface area (Å²) in [4.78, 5) is 27.0. The highest BCUT2D eigenvalue weighted by molar-refractivity contribution is 7.08. The minimum absolute atomic E-state index is 0.0233. The van der Waals surface area contributed by atoms with Gasteiger partial charge in [-0.2, -0.15) is 11.3 Å². The molecule has 2 aromatic rings. The van der Waals surface area contributed by atoms with Crippen LogP contribution in [0, 0.1) is 5.41 Å². The predicted octanol–water partition coefficient (Wildman–Crippen LogP) is 2.81. The first-order valence-electron chi connectivity index (χ1n) is 7.94. The maximum absolute atomic E-state index is 12.9. The number of rotatable bonds is 4. The number of hydrogen-bond donors (Lipinski definition) is 2. The molecule has 5 nitrogen and oxygen atoms in total. The molecule has 6 heteroatoms. The van der Waals surface area contributed by atoms with Crippen molar-refractivity contribution in [3.8, 4) is 0 Å². The van der Waals surface area contributed by atoms with Crippen molar-refractivity contribution in [1.29, 1.82) is 0 Å². The maximum Gasteiger partial charge on any atom is 0.256 e. The lowest BCUT2D eigenvalue weighted by molar-refractivity contribution is 0.0778. The first kappa shape index (κ1) is 16.7. The molecule has 1 atom stereocenters. The molecule has 3 rings (SSSR count). The number of amides is 2. The molecule has 0 spiro atoms. The zero-order valence-electron chi connectivity index (χ0n) is 13.6. The molecule has 24 heavy (non-hydrogen) atoms. The topological polar surface area (TPSA) is 75.4 Å². The van der Waals surface area contributed by atoms with E-state index >= 15 is 0 Å². The number of benzene rings is 1. The number of para-hydroxylation sites is 1. The number of anilines is 1. The molecule has 1 aromatic heterocycles. The van der Waals surface area contributed by atoms with Crippen molar-refractivity contribution in [3.05, 3.63) is 52.2 Å². The summed E-state index contributed by atoms with van der Waals surface area (Å²) in [6, 6.07) is 8.90. The van der Waals surface area contributed by atoms with Gasteiger partial charge in [-0.3, -0.25) is 9.59 Å². The van der Waals surface area contributed by atoms with Gasteiger partial charge in [-0.25, -0.2) is 0 Å². The minimum Gasteiger partial charge on any atom is -0.338 e. The number of nitrogens with two attached hydrogens (primary N) is 1. The molecule has 0 radical (unpaired) electrons. The highest BCUT2D eigenvalue weighted by atomic mass is 32.1. The van der Waals surface area contributed by atoms with Crippen LogP contribution in [0.4, 0.5) is 5.69 Å². The van der Waals surface area contributed by atoms with Crippen LogP contribution in [0.5, 0.6) is 0 Å². The Morgan fingerprint density at radius 2 is 2.12 bits per heavy atom. The van der Waals surface area contributed by atoms with Crippen molar-refractivity contribution in [3.63, 3.8) is 0 Å². The average molecular weight is 343 g/mol. The van der Waals surface area contributed by atoms with Crippen LogP contribution in [-0.4, -0.2) is 36.3 Å². The summed E-state index contributed by atoms with van der Waals surface area (Å²) in [7, 11) is 0. The van der Waals surface area contributed by atoms with Gasteiger partial charge in [0.05, 0.1) is 16.8 Å². The van der Waals surface area contributed by atoms with E-state index in [0.29, 0.717) is 36.4 Å². The van der Waals surface area contributed by atoms with Gasteiger partial charge in [0, 0.05) is 18.5 Å². The fraction of sp³-hybridized carbons (Fsp3) is 0.333. The Labute approximate surface area is 145 Å². The van der Waals surface area contributed by atoms with E-state index in [4.69, 9.17) is 5.73 Å². The number of nitrogens with zero attached hydrogens (tertiary/aromatic N) is 1. The third-order valence-corrected chi connectivity index (χ3v) is 5.21. The number of nitrogens with one attached hydrogen (secondary N) is 1. The Hall–Kier alpha value is -2.18. The number of hydrogen-bond acceptors (Lipinski definition) is 4. The minimum atomic E-state index is -0.204. The Morgan fingerprint density at radius 3 is 2.79 bits per heavy atom. The van der Waals surface area contributed by atoms with Crippen LogP contribution in [0.2, 0.25) is 0 Å². The molecule has 1 saturated heterocycles. The van der Waals surface area contributed by atoms with E-state index in [0.717, 1.165) is 6.42 Å². The second-order valence-electron chi connectivity index (χ2n) is 6.50. The Kier molecular flexibility index (Phi) is 4.69. The molecule has 1 aromatic carbocycles. The summed E-state index contributed by atoms with van der Waals surface area (Å²) in [5, 5.41) is 6.48. The van der Waals surface area contributed by atoms with Crippen molar-refractivity contribution in [1.82, 2.24) is 4.90 Å². The van der Waals surface area contributed by atoms with Gasteiger partial charge in [0.1, 0.15) is 0 Å². The lowest BCUT2D eigenvalue weighted by Gasteiger charge is -2.23. The van der Waals surface area contributed by atoms with Crippen LogP contribution in [-0.2, 0) is 0 Å². The molecule has 1 aliphatic heterocycles. The van der Waals surface area contributed by atoms with Gasteiger partial charge in [0.2, 0.25) is 0 Å². The van der Waals surface area contributed by atoms with Crippen LogP contribution >= 0.6 is 11.3 Å². The quantitative estimate of drug-likeness (QED) is 0.896. The van der Waals surface area contributed by atoms with E-state index in [1.807, 2.05) is 22.4 Å². The molecule has 1 unspecified atom stereocenters. The van der Waals surface area contributed by atoms with Gasteiger partial charge >= 0.3 is 0 Å². The summed E-state index contributed by atoms with van der Waals surface area (Å²) >= 11 is 1.46. The van der Waals surface area contributed by atoms with Gasteiger partial charge in [0.15, 0.2) is 0 Å². The summed E-state index contributed by atoms with van der Waals surface area (Å²) in [5.74, 6) is -0.266. The Balaban J connectivity index is 1.79. The lowest BCUT2D eigenvalue weighted by atomic mass is 9.90. The van der Waals surface area contributed by atoms with Crippen molar-refractivity contribution >= 4 is 28.8 Å². The van der Waals surface area contributed by atoms with Gasteiger partial charge in [-0.05, 0) is 42.0 Å². The molecule has 126 valence electrons. The second kappa shape index (κ2) is 6.75. The zero-order chi connectivity index (χ0) is 17.2. The number of likely N-dealkylation sites (tertiary alicyclic amines) is 1. The molecule has 0 bridgehead atoms. The molecule has 2 heterocycles. The molecular weight excluding hydrogens is 322 g/mol. The van der Waals surface area contributed by atoms with Crippen LogP contribution in [0.15, 0.2) is 41.1 Å². The maximum atomic E-state index is 12.9. The summed E-state index contributed by atoms with van der Waals surface area (Å²) in [6.07, 6.45) is 0.901. The molecular formula is C18H21N3O2S. The van der Waals surface area contributed by atoms with E-state index in [-0.39, 0.29) is 17.2 Å². The first-order valence-corrected chi connectivity index (χ1v) is 8.89. The van der Waals surface area contributed by atoms with E-state index in [2.05, 4.69) is 12.2 Å². The number of carbonyl (C=O) groups is 2. The third-order valence-electron chi connectivity index (χ3n) is 4.53. The van der Waals surface area contributed by atoms with E-state index in [1.165, 1.54) is 11.3 Å². The van der Waals surface area contributed by atoms with E-state index in [9.17, 15) is 9.59 Å². The summed E-state index contributed by atoms with van der Waals surface area (Å²) in [6.45, 7) is 4.01. The normalized spacial score (nSPS) is 20.2. The monoisotopic (exact) mass is 343 g/mol. The highest BCUT2D eigenvalue weighted by Crippen LogP contribution is 2.30. The van der Waals surface area contributed by atoms with Crippen molar-refractivity contribution in [2.75, 3.05) is 25.0 Å². The molecule has 3 N–H and O–H groups in total. The van der Waals surface area contributed by atoms with Crippen LogP contribution in [0.25, 0.3) is 0 Å². The predicted molar refractivity (Wildman–Crippen MR) is 96.4 cm³/mol. The van der Waals surface area contributed by atoms with Crippen molar-refractivity contribution in [2.45, 2.75) is 13.3 Å². The summed E-state index contributed by atoms with van der Waals surface area (Å²) < 4.78 is 0. The Morgan fingerprint density at radius 1 is 1.33 bits per heavy atom. The average Bonchev–Trinajstić information content (AvgIpc) is 3.25. The van der Waals surface area contributed by atoms with Crippen molar-refractivity contribution in [2.24, 2.45) is 11.1 Å². The molecule has 1 fully saturated rings. The largest absolute Gasteiger partial charge is 0.338 e. The SMILES string of the molecule is CC1(CN)CCN(C(=O)c2ccccc2NC(=O)c2ccsc2)C1. The molecule has 1 aliphatic rings. The molecule has 0 aliphatic carbocycles. The third kappa shape index (κ3) is 3.34.